The van der Waals surface area contributed by atoms with Crippen LogP contribution in [-0.4, -0.2) is 15.5 Å². The van der Waals surface area contributed by atoms with E-state index in [9.17, 15) is 4.79 Å². The number of amides is 1. The molecule has 0 spiro atoms. The fourth-order valence-electron chi connectivity index (χ4n) is 2.50. The van der Waals surface area contributed by atoms with Crippen molar-refractivity contribution in [3.05, 3.63) is 66.5 Å². The van der Waals surface area contributed by atoms with E-state index in [1.165, 1.54) is 6.92 Å². The third-order valence-electron chi connectivity index (χ3n) is 3.55. The predicted molar refractivity (Wildman–Crippen MR) is 91.9 cm³/mol. The summed E-state index contributed by atoms with van der Waals surface area (Å²) >= 11 is 0. The van der Waals surface area contributed by atoms with Crippen LogP contribution in [-0.2, 0) is 11.3 Å². The zero-order valence-electron chi connectivity index (χ0n) is 12.9. The van der Waals surface area contributed by atoms with Gasteiger partial charge in [0.15, 0.2) is 0 Å². The minimum absolute atomic E-state index is 0.0949. The third kappa shape index (κ3) is 3.40. The number of benzene rings is 2. The highest BCUT2D eigenvalue weighted by Crippen LogP contribution is 2.23. The Labute approximate surface area is 134 Å². The summed E-state index contributed by atoms with van der Waals surface area (Å²) < 4.78 is 2.04. The Morgan fingerprint density at radius 3 is 2.83 bits per heavy atom. The van der Waals surface area contributed by atoms with Gasteiger partial charge >= 0.3 is 0 Å². The average Bonchev–Trinajstić information content (AvgIpc) is 2.97. The van der Waals surface area contributed by atoms with Gasteiger partial charge in [-0.05, 0) is 23.8 Å². The predicted octanol–water partition coefficient (Wildman–Crippen LogP) is 3.14. The van der Waals surface area contributed by atoms with E-state index in [1.54, 1.807) is 6.20 Å². The first kappa shape index (κ1) is 14.8. The average molecular weight is 306 g/mol. The van der Waals surface area contributed by atoms with E-state index in [1.807, 2.05) is 59.3 Å². The van der Waals surface area contributed by atoms with Gasteiger partial charge in [-0.2, -0.15) is 0 Å². The van der Waals surface area contributed by atoms with Gasteiger partial charge in [-0.3, -0.25) is 4.79 Å². The molecule has 0 saturated carbocycles. The smallest absolute Gasteiger partial charge is 0.221 e. The molecule has 0 unspecified atom stereocenters. The lowest BCUT2D eigenvalue weighted by molar-refractivity contribution is -0.114. The minimum Gasteiger partial charge on any atom is -0.398 e. The van der Waals surface area contributed by atoms with Gasteiger partial charge in [0, 0.05) is 36.3 Å². The van der Waals surface area contributed by atoms with E-state index in [4.69, 9.17) is 5.73 Å². The topological polar surface area (TPSA) is 72.9 Å². The quantitative estimate of drug-likeness (QED) is 0.727. The number of nitrogens with two attached hydrogens (primary N) is 1. The summed E-state index contributed by atoms with van der Waals surface area (Å²) in [5.41, 5.74) is 9.53. The monoisotopic (exact) mass is 306 g/mol. The second-order valence-corrected chi connectivity index (χ2v) is 5.34. The van der Waals surface area contributed by atoms with Crippen LogP contribution >= 0.6 is 0 Å². The second kappa shape index (κ2) is 6.36. The first-order chi connectivity index (χ1) is 11.1. The molecule has 116 valence electrons. The lowest BCUT2D eigenvalue weighted by Crippen LogP contribution is -2.06. The molecular weight excluding hydrogens is 288 g/mol. The van der Waals surface area contributed by atoms with Crippen molar-refractivity contribution in [2.24, 2.45) is 0 Å². The number of nitrogen functional groups attached to an aromatic ring is 1. The number of aromatic nitrogens is 2. The molecule has 0 saturated heterocycles. The molecule has 3 rings (SSSR count). The number of hydrogen-bond acceptors (Lipinski definition) is 3. The van der Waals surface area contributed by atoms with Crippen LogP contribution in [0.4, 0.5) is 11.4 Å². The number of hydrogen-bond donors (Lipinski definition) is 2. The van der Waals surface area contributed by atoms with E-state index in [0.29, 0.717) is 6.54 Å². The van der Waals surface area contributed by atoms with Crippen molar-refractivity contribution in [2.45, 2.75) is 13.5 Å². The van der Waals surface area contributed by atoms with Crippen molar-refractivity contribution in [3.63, 3.8) is 0 Å². The van der Waals surface area contributed by atoms with Gasteiger partial charge in [0.1, 0.15) is 5.82 Å². The largest absolute Gasteiger partial charge is 0.398 e. The van der Waals surface area contributed by atoms with Crippen molar-refractivity contribution in [1.29, 1.82) is 0 Å². The molecule has 0 aliphatic heterocycles. The highest BCUT2D eigenvalue weighted by molar-refractivity contribution is 5.89. The van der Waals surface area contributed by atoms with Gasteiger partial charge in [-0.25, -0.2) is 4.98 Å². The number of nitrogens with one attached hydrogen (secondary N) is 1. The van der Waals surface area contributed by atoms with Gasteiger partial charge in [0.05, 0.1) is 6.54 Å². The van der Waals surface area contributed by atoms with Gasteiger partial charge in [0.25, 0.3) is 0 Å². The molecule has 0 fully saturated rings. The molecule has 5 heteroatoms. The Balaban J connectivity index is 1.92. The highest BCUT2D eigenvalue weighted by Gasteiger charge is 2.09. The van der Waals surface area contributed by atoms with Crippen LogP contribution in [0, 0.1) is 0 Å². The third-order valence-corrected chi connectivity index (χ3v) is 3.55. The Morgan fingerprint density at radius 2 is 2.04 bits per heavy atom. The molecule has 0 bridgehead atoms. The van der Waals surface area contributed by atoms with Crippen LogP contribution in [0.2, 0.25) is 0 Å². The van der Waals surface area contributed by atoms with Gasteiger partial charge in [-0.1, -0.05) is 30.3 Å². The maximum atomic E-state index is 11.2. The van der Waals surface area contributed by atoms with Crippen LogP contribution in [0.3, 0.4) is 0 Å². The number of imidazole rings is 1. The molecule has 1 aromatic heterocycles. The van der Waals surface area contributed by atoms with Gasteiger partial charge in [-0.15, -0.1) is 0 Å². The standard InChI is InChI=1S/C18H18N4O/c1-13(23)21-16-7-4-6-14(11-16)18-20-9-10-22(18)12-15-5-2-3-8-17(15)19/h2-11H,12,19H2,1H3,(H,21,23). The molecular formula is C18H18N4O. The summed E-state index contributed by atoms with van der Waals surface area (Å²) in [4.78, 5) is 15.7. The number of carbonyl (C=O) groups excluding carboxylic acids is 1. The summed E-state index contributed by atoms with van der Waals surface area (Å²) in [5, 5.41) is 2.79. The van der Waals surface area contributed by atoms with E-state index in [2.05, 4.69) is 10.3 Å². The Kier molecular flexibility index (Phi) is 4.10. The van der Waals surface area contributed by atoms with Crippen LogP contribution in [0.5, 0.6) is 0 Å². The summed E-state index contributed by atoms with van der Waals surface area (Å²) in [6.07, 6.45) is 3.69. The fourth-order valence-corrected chi connectivity index (χ4v) is 2.50. The van der Waals surface area contributed by atoms with E-state index in [-0.39, 0.29) is 5.91 Å². The van der Waals surface area contributed by atoms with Crippen LogP contribution in [0.25, 0.3) is 11.4 Å². The lowest BCUT2D eigenvalue weighted by atomic mass is 10.1. The van der Waals surface area contributed by atoms with Gasteiger partial charge in [0.2, 0.25) is 5.91 Å². The molecule has 1 amide bonds. The van der Waals surface area contributed by atoms with Crippen LogP contribution in [0.1, 0.15) is 12.5 Å². The normalized spacial score (nSPS) is 10.5. The van der Waals surface area contributed by atoms with E-state index >= 15 is 0 Å². The zero-order chi connectivity index (χ0) is 16.2. The first-order valence-corrected chi connectivity index (χ1v) is 7.36. The fraction of sp³-hybridized carbons (Fsp3) is 0.111. The summed E-state index contributed by atoms with van der Waals surface area (Å²) in [7, 11) is 0. The number of anilines is 2. The van der Waals surface area contributed by atoms with Crippen LogP contribution < -0.4 is 11.1 Å². The summed E-state index contributed by atoms with van der Waals surface area (Å²) in [6, 6.07) is 15.4. The first-order valence-electron chi connectivity index (χ1n) is 7.36. The molecule has 0 aliphatic rings. The number of rotatable bonds is 4. The molecule has 3 aromatic rings. The molecule has 3 N–H and O–H groups in total. The Bertz CT molecular complexity index is 838. The van der Waals surface area contributed by atoms with Crippen molar-refractivity contribution in [3.8, 4) is 11.4 Å². The maximum Gasteiger partial charge on any atom is 0.221 e. The van der Waals surface area contributed by atoms with Crippen molar-refractivity contribution in [2.75, 3.05) is 11.1 Å². The SMILES string of the molecule is CC(=O)Nc1cccc(-c2nccn2Cc2ccccc2N)c1. The highest BCUT2D eigenvalue weighted by atomic mass is 16.1. The number of para-hydroxylation sites is 1. The molecule has 0 radical (unpaired) electrons. The Hall–Kier alpha value is -3.08. The minimum atomic E-state index is -0.0949. The molecule has 23 heavy (non-hydrogen) atoms. The molecule has 0 atom stereocenters. The zero-order valence-corrected chi connectivity index (χ0v) is 12.9. The lowest BCUT2D eigenvalue weighted by Gasteiger charge is -2.11. The number of carbonyl (C=O) groups is 1. The number of nitrogens with zero attached hydrogens (tertiary/aromatic N) is 2. The maximum absolute atomic E-state index is 11.2. The molecule has 2 aromatic carbocycles. The van der Waals surface area contributed by atoms with Crippen molar-refractivity contribution >= 4 is 17.3 Å². The van der Waals surface area contributed by atoms with Crippen molar-refractivity contribution < 1.29 is 4.79 Å². The molecule has 0 aliphatic carbocycles. The van der Waals surface area contributed by atoms with Crippen molar-refractivity contribution in [1.82, 2.24) is 9.55 Å². The van der Waals surface area contributed by atoms with E-state index < -0.39 is 0 Å². The molecule has 5 nitrogen and oxygen atoms in total. The summed E-state index contributed by atoms with van der Waals surface area (Å²) in [6.45, 7) is 2.14. The van der Waals surface area contributed by atoms with Crippen LogP contribution in [0.15, 0.2) is 60.9 Å². The van der Waals surface area contributed by atoms with E-state index in [0.717, 1.165) is 28.3 Å². The second-order valence-electron chi connectivity index (χ2n) is 5.34. The Morgan fingerprint density at radius 1 is 1.22 bits per heavy atom. The molecule has 1 heterocycles. The summed E-state index contributed by atoms with van der Waals surface area (Å²) in [5.74, 6) is 0.739. The van der Waals surface area contributed by atoms with Gasteiger partial charge < -0.3 is 15.6 Å².